The molecule has 2 aromatic carbocycles. The van der Waals surface area contributed by atoms with Crippen LogP contribution in [0.2, 0.25) is 0 Å². The van der Waals surface area contributed by atoms with E-state index < -0.39 is 24.1 Å². The van der Waals surface area contributed by atoms with Crippen LogP contribution in [0.15, 0.2) is 48.5 Å². The number of aryl methyl sites for hydroxylation is 2. The van der Waals surface area contributed by atoms with E-state index in [-0.39, 0.29) is 19.4 Å². The van der Waals surface area contributed by atoms with E-state index in [1.165, 1.54) is 5.56 Å². The topological polar surface area (TPSA) is 106 Å². The molecule has 2 aromatic rings. The fourth-order valence-corrected chi connectivity index (χ4v) is 3.26. The summed E-state index contributed by atoms with van der Waals surface area (Å²) in [6.45, 7) is 0.603. The molecular weight excluding hydrogens is 426 g/mol. The number of hydrogen-bond acceptors (Lipinski definition) is 7. The number of carboxylic acids is 1. The van der Waals surface area contributed by atoms with Crippen LogP contribution >= 0.6 is 0 Å². The second-order valence-corrected chi connectivity index (χ2v) is 8.03. The maximum atomic E-state index is 12.1. The zero-order chi connectivity index (χ0) is 24.2. The average molecular weight is 460 g/mol. The van der Waals surface area contributed by atoms with Crippen LogP contribution < -0.4 is 9.47 Å². The number of benzene rings is 2. The summed E-state index contributed by atoms with van der Waals surface area (Å²) in [7, 11) is 5.36. The van der Waals surface area contributed by atoms with Gasteiger partial charge in [-0.15, -0.1) is 0 Å². The molecule has 8 heteroatoms. The number of hydrogen-bond donors (Lipinski definition) is 2. The van der Waals surface area contributed by atoms with Gasteiger partial charge in [0.1, 0.15) is 24.2 Å². The molecule has 0 heterocycles. The molecule has 8 nitrogen and oxygen atoms in total. The van der Waals surface area contributed by atoms with Crippen LogP contribution in [0, 0.1) is 0 Å². The Balaban J connectivity index is 1.94. The number of aliphatic carboxylic acids is 1. The first kappa shape index (κ1) is 26.2. The Morgan fingerprint density at radius 1 is 1.03 bits per heavy atom. The van der Waals surface area contributed by atoms with Gasteiger partial charge < -0.3 is 29.3 Å². The Labute approximate surface area is 194 Å². The molecule has 0 amide bonds. The molecule has 0 aliphatic rings. The number of methoxy groups -OCH3 is 1. The number of carbonyl (C=O) groups excluding carboxylic acids is 1. The zero-order valence-corrected chi connectivity index (χ0v) is 19.4. The summed E-state index contributed by atoms with van der Waals surface area (Å²) in [5.41, 5.74) is 2.24. The van der Waals surface area contributed by atoms with Gasteiger partial charge in [-0.25, -0.2) is 4.79 Å². The molecule has 2 N–H and O–H groups in total. The molecule has 0 saturated heterocycles. The molecule has 2 rings (SSSR count). The van der Waals surface area contributed by atoms with Crippen molar-refractivity contribution in [1.29, 1.82) is 0 Å². The van der Waals surface area contributed by atoms with Crippen molar-refractivity contribution in [3.05, 3.63) is 59.7 Å². The summed E-state index contributed by atoms with van der Waals surface area (Å²) in [6.07, 6.45) is -0.879. The number of aliphatic hydroxyl groups is 1. The first-order valence-corrected chi connectivity index (χ1v) is 10.9. The van der Waals surface area contributed by atoms with Crippen molar-refractivity contribution in [3.63, 3.8) is 0 Å². The van der Waals surface area contributed by atoms with E-state index in [0.717, 1.165) is 29.9 Å². The molecule has 33 heavy (non-hydrogen) atoms. The maximum Gasteiger partial charge on any atom is 0.332 e. The highest BCUT2D eigenvalue weighted by Crippen LogP contribution is 2.21. The van der Waals surface area contributed by atoms with E-state index >= 15 is 0 Å². The molecule has 0 aliphatic carbocycles. The minimum absolute atomic E-state index is 0.158. The predicted molar refractivity (Wildman–Crippen MR) is 124 cm³/mol. The summed E-state index contributed by atoms with van der Waals surface area (Å²) in [5, 5.41) is 18.1. The highest BCUT2D eigenvalue weighted by atomic mass is 16.6. The van der Waals surface area contributed by atoms with Crippen molar-refractivity contribution >= 4 is 11.9 Å². The van der Waals surface area contributed by atoms with Crippen LogP contribution in [-0.4, -0.2) is 73.6 Å². The molecule has 0 fully saturated rings. The molecule has 180 valence electrons. The van der Waals surface area contributed by atoms with Gasteiger partial charge in [0, 0.05) is 13.0 Å². The van der Waals surface area contributed by atoms with Crippen LogP contribution in [0.25, 0.3) is 0 Å². The summed E-state index contributed by atoms with van der Waals surface area (Å²) in [5.74, 6) is -0.380. The van der Waals surface area contributed by atoms with E-state index in [2.05, 4.69) is 0 Å². The van der Waals surface area contributed by atoms with Gasteiger partial charge in [-0.3, -0.25) is 4.79 Å². The van der Waals surface area contributed by atoms with Crippen LogP contribution in [-0.2, 0) is 27.2 Å². The predicted octanol–water partition coefficient (Wildman–Crippen LogP) is 2.56. The molecule has 0 saturated carbocycles. The summed E-state index contributed by atoms with van der Waals surface area (Å²) in [4.78, 5) is 24.7. The Bertz CT molecular complexity index is 883. The number of carboxylic acid groups (broad SMARTS) is 1. The van der Waals surface area contributed by atoms with E-state index in [1.807, 2.05) is 67.5 Å². The van der Waals surface area contributed by atoms with Crippen molar-refractivity contribution in [2.75, 3.05) is 34.4 Å². The minimum atomic E-state index is -1.58. The second kappa shape index (κ2) is 13.4. The number of nitrogens with zero attached hydrogens (tertiary/aromatic N) is 1. The minimum Gasteiger partial charge on any atom is -0.497 e. The van der Waals surface area contributed by atoms with Gasteiger partial charge in [0.05, 0.1) is 7.11 Å². The third kappa shape index (κ3) is 9.51. The van der Waals surface area contributed by atoms with Gasteiger partial charge in [-0.05, 0) is 62.7 Å². The third-order valence-electron chi connectivity index (χ3n) is 5.01. The molecule has 0 bridgehead atoms. The normalized spacial score (nSPS) is 12.8. The summed E-state index contributed by atoms with van der Waals surface area (Å²) in [6, 6.07) is 15.7. The Morgan fingerprint density at radius 2 is 1.73 bits per heavy atom. The van der Waals surface area contributed by atoms with Crippen molar-refractivity contribution in [2.45, 2.75) is 37.9 Å². The van der Waals surface area contributed by atoms with Crippen LogP contribution in [0.3, 0.4) is 0 Å². The van der Waals surface area contributed by atoms with Gasteiger partial charge in [0.2, 0.25) is 0 Å². The monoisotopic (exact) mass is 459 g/mol. The van der Waals surface area contributed by atoms with E-state index in [1.54, 1.807) is 7.11 Å². The number of esters is 1. The molecule has 0 aromatic heterocycles. The maximum absolute atomic E-state index is 12.1. The Morgan fingerprint density at radius 3 is 2.36 bits per heavy atom. The molecule has 0 radical (unpaired) electrons. The van der Waals surface area contributed by atoms with Gasteiger partial charge in [0.25, 0.3) is 0 Å². The quantitative estimate of drug-likeness (QED) is 0.415. The highest BCUT2D eigenvalue weighted by Gasteiger charge is 2.20. The first-order chi connectivity index (χ1) is 15.8. The summed E-state index contributed by atoms with van der Waals surface area (Å²) < 4.78 is 16.7. The molecular formula is C25H33NO7. The van der Waals surface area contributed by atoms with Crippen molar-refractivity contribution in [2.24, 2.45) is 0 Å². The van der Waals surface area contributed by atoms with E-state index in [9.17, 15) is 14.7 Å². The fraction of sp³-hybridized carbons (Fsp3) is 0.440. The highest BCUT2D eigenvalue weighted by molar-refractivity contribution is 5.74. The van der Waals surface area contributed by atoms with Crippen molar-refractivity contribution < 1.29 is 34.0 Å². The SMILES string of the molecule is COc1ccc(CCc2ccccc2OC[C@H](CN(C)C)OC(=O)CC[C@H](O)C(=O)O)cc1. The summed E-state index contributed by atoms with van der Waals surface area (Å²) >= 11 is 0. The number of ether oxygens (including phenoxy) is 3. The molecule has 0 spiro atoms. The van der Waals surface area contributed by atoms with E-state index in [4.69, 9.17) is 19.3 Å². The second-order valence-electron chi connectivity index (χ2n) is 8.03. The lowest BCUT2D eigenvalue weighted by molar-refractivity contribution is -0.153. The number of aliphatic hydroxyl groups excluding tert-OH is 1. The van der Waals surface area contributed by atoms with Crippen LogP contribution in [0.5, 0.6) is 11.5 Å². The van der Waals surface area contributed by atoms with Crippen LogP contribution in [0.1, 0.15) is 24.0 Å². The van der Waals surface area contributed by atoms with E-state index in [0.29, 0.717) is 6.54 Å². The van der Waals surface area contributed by atoms with Crippen LogP contribution in [0.4, 0.5) is 0 Å². The lowest BCUT2D eigenvalue weighted by atomic mass is 10.0. The standard InChI is InChI=1S/C25H33NO7/c1-26(2)16-21(33-24(28)15-14-22(27)25(29)30)17-32-23-7-5-4-6-19(23)11-8-18-9-12-20(31-3)13-10-18/h4-7,9-10,12-13,21-22,27H,8,11,14-17H2,1-3H3,(H,29,30)/t21-,22-/m0/s1. The molecule has 0 unspecified atom stereocenters. The lowest BCUT2D eigenvalue weighted by Crippen LogP contribution is -2.35. The van der Waals surface area contributed by atoms with Gasteiger partial charge >= 0.3 is 11.9 Å². The number of likely N-dealkylation sites (N-methyl/N-ethyl adjacent to an activating group) is 1. The number of rotatable bonds is 14. The smallest absolute Gasteiger partial charge is 0.332 e. The average Bonchev–Trinajstić information content (AvgIpc) is 2.80. The van der Waals surface area contributed by atoms with Gasteiger partial charge in [-0.1, -0.05) is 30.3 Å². The Kier molecular flexibility index (Phi) is 10.7. The number of para-hydroxylation sites is 1. The van der Waals surface area contributed by atoms with Crippen molar-refractivity contribution in [3.8, 4) is 11.5 Å². The first-order valence-electron chi connectivity index (χ1n) is 10.9. The third-order valence-corrected chi connectivity index (χ3v) is 5.01. The lowest BCUT2D eigenvalue weighted by Gasteiger charge is -2.22. The van der Waals surface area contributed by atoms with Gasteiger partial charge in [-0.2, -0.15) is 0 Å². The largest absolute Gasteiger partial charge is 0.497 e. The van der Waals surface area contributed by atoms with Crippen molar-refractivity contribution in [1.82, 2.24) is 4.90 Å². The molecule has 0 aliphatic heterocycles. The zero-order valence-electron chi connectivity index (χ0n) is 19.4. The fourth-order valence-electron chi connectivity index (χ4n) is 3.26. The molecule has 2 atom stereocenters. The Hall–Kier alpha value is -3.10. The van der Waals surface area contributed by atoms with Gasteiger partial charge in [0.15, 0.2) is 6.10 Å². The number of carbonyl (C=O) groups is 2.